The molecule has 0 saturated heterocycles. The molecule has 2 aliphatic rings. The summed E-state index contributed by atoms with van der Waals surface area (Å²) >= 11 is 0. The van der Waals surface area contributed by atoms with Gasteiger partial charge in [-0.1, -0.05) is 68.7 Å². The van der Waals surface area contributed by atoms with Gasteiger partial charge < -0.3 is 20.1 Å². The van der Waals surface area contributed by atoms with Crippen LogP contribution in [0, 0.1) is 17.8 Å². The van der Waals surface area contributed by atoms with E-state index in [1.807, 2.05) is 36.7 Å². The maximum Gasteiger partial charge on any atom is 0.323 e. The molecule has 11 nitrogen and oxygen atoms in total. The molecule has 4 aromatic rings. The number of hydrogen-bond donors (Lipinski definition) is 2. The number of benzene rings is 2. The number of allylic oxidation sites excluding steroid dienone is 2. The van der Waals surface area contributed by atoms with Gasteiger partial charge in [0, 0.05) is 30.1 Å². The second-order valence-electron chi connectivity index (χ2n) is 13.9. The molecule has 1 saturated carbocycles. The molecule has 2 N–H and O–H groups in total. The monoisotopic (exact) mass is 702 g/mol. The van der Waals surface area contributed by atoms with E-state index in [-0.39, 0.29) is 24.7 Å². The molecule has 2 amide bonds. The molecule has 0 bridgehead atoms. The lowest BCUT2D eigenvalue weighted by Crippen LogP contribution is -2.36. The Kier molecular flexibility index (Phi) is 12.0. The molecule has 1 unspecified atom stereocenters. The van der Waals surface area contributed by atoms with Crippen molar-refractivity contribution < 1.29 is 24.2 Å². The number of rotatable bonds is 13. The Morgan fingerprint density at radius 1 is 0.827 bits per heavy atom. The van der Waals surface area contributed by atoms with Crippen LogP contribution in [-0.4, -0.2) is 61.4 Å². The average Bonchev–Trinajstić information content (AvgIpc) is 3.18. The van der Waals surface area contributed by atoms with Crippen LogP contribution >= 0.6 is 0 Å². The number of carbonyl (C=O) groups excluding carboxylic acids is 2. The van der Waals surface area contributed by atoms with Gasteiger partial charge in [0.15, 0.2) is 5.82 Å². The third-order valence-corrected chi connectivity index (χ3v) is 10.5. The van der Waals surface area contributed by atoms with Gasteiger partial charge in [-0.05, 0) is 78.7 Å². The van der Waals surface area contributed by atoms with Gasteiger partial charge in [-0.15, -0.1) is 0 Å². The summed E-state index contributed by atoms with van der Waals surface area (Å²) in [5, 5.41) is 12.3. The van der Waals surface area contributed by atoms with Crippen molar-refractivity contribution in [3.05, 3.63) is 102 Å². The van der Waals surface area contributed by atoms with Crippen LogP contribution in [0.3, 0.4) is 0 Å². The number of nitrogens with zero attached hydrogens (tertiary/aromatic N) is 5. The number of methoxy groups -OCH3 is 1. The predicted octanol–water partition coefficient (Wildman–Crippen LogP) is 7.25. The maximum atomic E-state index is 13.3. The van der Waals surface area contributed by atoms with Crippen LogP contribution in [0.1, 0.15) is 85.6 Å². The highest BCUT2D eigenvalue weighted by Crippen LogP contribution is 2.41. The first-order chi connectivity index (χ1) is 25.3. The predicted molar refractivity (Wildman–Crippen MR) is 198 cm³/mol. The molecule has 0 radical (unpaired) electrons. The van der Waals surface area contributed by atoms with E-state index in [4.69, 9.17) is 4.74 Å². The minimum absolute atomic E-state index is 0.0319. The van der Waals surface area contributed by atoms with Crippen molar-refractivity contribution in [2.24, 2.45) is 17.8 Å². The van der Waals surface area contributed by atoms with E-state index in [9.17, 15) is 19.5 Å². The Balaban J connectivity index is 1.03. The lowest BCUT2D eigenvalue weighted by molar-refractivity contribution is -0.137. The molecule has 0 aliphatic heterocycles. The van der Waals surface area contributed by atoms with E-state index >= 15 is 0 Å². The quantitative estimate of drug-likeness (QED) is 0.147. The number of anilines is 1. The van der Waals surface area contributed by atoms with Crippen molar-refractivity contribution >= 4 is 29.0 Å². The van der Waals surface area contributed by atoms with Gasteiger partial charge in [0.1, 0.15) is 12.3 Å². The van der Waals surface area contributed by atoms with E-state index < -0.39 is 18.4 Å². The molecular formula is C41H46N6O5. The Morgan fingerprint density at radius 3 is 2.10 bits per heavy atom. The number of ether oxygens (including phenoxy) is 1. The second kappa shape index (κ2) is 17.2. The number of carboxylic acids is 1. The standard InChI is InChI=1S/C41H46N6O5/c1-3-27-4-10-30(11-5-27)31-14-16-32(17-15-31)34-21-42-39(43-22-34)33-12-6-29(7-13-33)25-47(26-38(49)50)41(51)40-44-23-35(24-45-40)46-37(48)20-28-8-18-36(52-2)19-9-28/h6-9,12-13,16,18-19,21-24,27,30-31H,3-5,10-11,14-15,17,20,25-26H2,1-2H3,(H,46,48)(H,49,50)/t27-,30-,31?. The van der Waals surface area contributed by atoms with E-state index in [0.717, 1.165) is 52.8 Å². The fraction of sp³-hybridized carbons (Fsp3) is 0.390. The molecule has 2 aliphatic carbocycles. The molecule has 1 atom stereocenters. The molecule has 11 heteroatoms. The van der Waals surface area contributed by atoms with E-state index in [0.29, 0.717) is 17.3 Å². The largest absolute Gasteiger partial charge is 0.497 e. The third-order valence-electron chi connectivity index (χ3n) is 10.5. The zero-order valence-electron chi connectivity index (χ0n) is 29.8. The highest BCUT2D eigenvalue weighted by molar-refractivity contribution is 5.94. The normalized spacial score (nSPS) is 18.6. The van der Waals surface area contributed by atoms with Crippen molar-refractivity contribution in [3.8, 4) is 17.1 Å². The van der Waals surface area contributed by atoms with Gasteiger partial charge in [0.2, 0.25) is 11.7 Å². The highest BCUT2D eigenvalue weighted by Gasteiger charge is 2.28. The van der Waals surface area contributed by atoms with Gasteiger partial charge in [0.25, 0.3) is 5.91 Å². The minimum Gasteiger partial charge on any atom is -0.497 e. The number of nitrogens with one attached hydrogen (secondary N) is 1. The maximum absolute atomic E-state index is 13.3. The topological polar surface area (TPSA) is 148 Å². The Morgan fingerprint density at radius 2 is 1.50 bits per heavy atom. The molecule has 1 fully saturated rings. The molecule has 2 aromatic carbocycles. The summed E-state index contributed by atoms with van der Waals surface area (Å²) in [6.45, 7) is 1.82. The third kappa shape index (κ3) is 9.45. The van der Waals surface area contributed by atoms with Crippen molar-refractivity contribution in [2.75, 3.05) is 19.0 Å². The smallest absolute Gasteiger partial charge is 0.323 e. The zero-order valence-corrected chi connectivity index (χ0v) is 29.8. The van der Waals surface area contributed by atoms with Gasteiger partial charge in [-0.25, -0.2) is 19.9 Å². The number of carbonyl (C=O) groups is 3. The summed E-state index contributed by atoms with van der Waals surface area (Å²) < 4.78 is 5.14. The van der Waals surface area contributed by atoms with Gasteiger partial charge in [-0.3, -0.25) is 14.4 Å². The van der Waals surface area contributed by atoms with Gasteiger partial charge in [0.05, 0.1) is 31.6 Å². The Labute approximate surface area is 304 Å². The zero-order chi connectivity index (χ0) is 36.5. The van der Waals surface area contributed by atoms with Crippen molar-refractivity contribution in [2.45, 2.75) is 71.3 Å². The number of hydrogen-bond acceptors (Lipinski definition) is 8. The first-order valence-corrected chi connectivity index (χ1v) is 18.1. The number of aliphatic carboxylic acids is 1. The molecule has 6 rings (SSSR count). The van der Waals surface area contributed by atoms with E-state index in [1.54, 1.807) is 31.4 Å². The van der Waals surface area contributed by atoms with Crippen molar-refractivity contribution in [3.63, 3.8) is 0 Å². The number of carboxylic acid groups (broad SMARTS) is 1. The van der Waals surface area contributed by atoms with Crippen LogP contribution in [0.5, 0.6) is 5.75 Å². The second-order valence-corrected chi connectivity index (χ2v) is 13.9. The summed E-state index contributed by atoms with van der Waals surface area (Å²) in [5.41, 5.74) is 5.06. The van der Waals surface area contributed by atoms with Gasteiger partial charge >= 0.3 is 5.97 Å². The SMILES string of the molecule is CC[C@H]1CC[C@H](C2CC=C(c3cnc(-c4ccc(CN(CC(=O)O)C(=O)c5ncc(NC(=O)Cc6ccc(OC)cc6)cn5)cc4)nc3)CC2)CC1. The summed E-state index contributed by atoms with van der Waals surface area (Å²) in [6, 6.07) is 14.5. The van der Waals surface area contributed by atoms with Crippen LogP contribution in [0.4, 0.5) is 5.69 Å². The number of aromatic nitrogens is 4. The Bertz CT molecular complexity index is 1850. The van der Waals surface area contributed by atoms with Gasteiger partial charge in [-0.2, -0.15) is 0 Å². The van der Waals surface area contributed by atoms with Crippen LogP contribution in [0.2, 0.25) is 0 Å². The average molecular weight is 703 g/mol. The van der Waals surface area contributed by atoms with Crippen molar-refractivity contribution in [1.82, 2.24) is 24.8 Å². The minimum atomic E-state index is -1.16. The number of amides is 2. The lowest BCUT2D eigenvalue weighted by Gasteiger charge is -2.35. The summed E-state index contributed by atoms with van der Waals surface area (Å²) in [7, 11) is 1.57. The van der Waals surface area contributed by atoms with Crippen LogP contribution < -0.4 is 10.1 Å². The molecular weight excluding hydrogens is 656 g/mol. The summed E-state index contributed by atoms with van der Waals surface area (Å²) in [6.07, 6.45) is 19.3. The fourth-order valence-electron chi connectivity index (χ4n) is 7.38. The van der Waals surface area contributed by atoms with Crippen LogP contribution in [0.25, 0.3) is 17.0 Å². The molecule has 2 heterocycles. The first kappa shape index (κ1) is 36.3. The van der Waals surface area contributed by atoms with Crippen molar-refractivity contribution in [1.29, 1.82) is 0 Å². The van der Waals surface area contributed by atoms with Crippen LogP contribution in [0.15, 0.2) is 79.4 Å². The Hall–Kier alpha value is -5.45. The van der Waals surface area contributed by atoms with E-state index in [2.05, 4.69) is 38.3 Å². The highest BCUT2D eigenvalue weighted by atomic mass is 16.5. The first-order valence-electron chi connectivity index (χ1n) is 18.1. The fourth-order valence-corrected chi connectivity index (χ4v) is 7.38. The lowest BCUT2D eigenvalue weighted by atomic mass is 9.71. The molecule has 270 valence electrons. The molecule has 2 aromatic heterocycles. The van der Waals surface area contributed by atoms with Crippen LogP contribution in [-0.2, 0) is 22.6 Å². The summed E-state index contributed by atoms with van der Waals surface area (Å²) in [5.74, 6) is 1.63. The van der Waals surface area contributed by atoms with E-state index in [1.165, 1.54) is 61.4 Å². The molecule has 52 heavy (non-hydrogen) atoms. The summed E-state index contributed by atoms with van der Waals surface area (Å²) in [4.78, 5) is 56.2. The molecule has 0 spiro atoms.